The third-order valence-corrected chi connectivity index (χ3v) is 3.33. The first-order chi connectivity index (χ1) is 8.25. The van der Waals surface area contributed by atoms with E-state index in [0.717, 1.165) is 31.4 Å². The second kappa shape index (κ2) is 7.60. The lowest BCUT2D eigenvalue weighted by Gasteiger charge is -2.23. The summed E-state index contributed by atoms with van der Waals surface area (Å²) in [7, 11) is 0. The predicted molar refractivity (Wildman–Crippen MR) is 84.2 cm³/mol. The Kier molecular flexibility index (Phi) is 6.45. The molecular formula is C12H22IN5. The molecule has 2 rings (SSSR count). The number of nitrogens with zero attached hydrogens (tertiary/aromatic N) is 3. The molecule has 1 fully saturated rings. The van der Waals surface area contributed by atoms with Crippen LogP contribution in [0.2, 0.25) is 0 Å². The number of aryl methyl sites for hydroxylation is 1. The van der Waals surface area contributed by atoms with Gasteiger partial charge in [-0.25, -0.2) is 4.98 Å². The van der Waals surface area contributed by atoms with Crippen molar-refractivity contribution >= 4 is 29.9 Å². The summed E-state index contributed by atoms with van der Waals surface area (Å²) in [6.45, 7) is 4.53. The molecule has 6 heteroatoms. The minimum Gasteiger partial charge on any atom is -0.370 e. The molecule has 0 aliphatic heterocycles. The van der Waals surface area contributed by atoms with Gasteiger partial charge in [-0.1, -0.05) is 6.42 Å². The van der Waals surface area contributed by atoms with Crippen LogP contribution in [-0.4, -0.2) is 28.6 Å². The van der Waals surface area contributed by atoms with Crippen molar-refractivity contribution in [3.63, 3.8) is 0 Å². The maximum absolute atomic E-state index is 5.79. The first-order valence-electron chi connectivity index (χ1n) is 6.27. The molecule has 102 valence electrons. The molecule has 0 saturated heterocycles. The lowest BCUT2D eigenvalue weighted by molar-refractivity contribution is 0.326. The van der Waals surface area contributed by atoms with Crippen LogP contribution in [0.15, 0.2) is 17.4 Å². The van der Waals surface area contributed by atoms with Crippen molar-refractivity contribution < 1.29 is 0 Å². The number of nitrogens with one attached hydrogen (secondary N) is 1. The molecule has 18 heavy (non-hydrogen) atoms. The van der Waals surface area contributed by atoms with E-state index in [4.69, 9.17) is 5.73 Å². The fourth-order valence-electron chi connectivity index (χ4n) is 1.90. The lowest BCUT2D eigenvalue weighted by atomic mass is 9.86. The minimum absolute atomic E-state index is 0. The van der Waals surface area contributed by atoms with Crippen molar-refractivity contribution in [2.24, 2.45) is 16.6 Å². The van der Waals surface area contributed by atoms with Crippen LogP contribution in [0.3, 0.4) is 0 Å². The van der Waals surface area contributed by atoms with Crippen molar-refractivity contribution in [3.05, 3.63) is 18.2 Å². The number of hydrogen-bond donors (Lipinski definition) is 2. The van der Waals surface area contributed by atoms with Gasteiger partial charge in [-0.2, -0.15) is 0 Å². The topological polar surface area (TPSA) is 68.2 Å². The zero-order valence-corrected chi connectivity index (χ0v) is 13.1. The summed E-state index contributed by atoms with van der Waals surface area (Å²) >= 11 is 0. The third kappa shape index (κ3) is 4.47. The van der Waals surface area contributed by atoms with Gasteiger partial charge in [-0.05, 0) is 25.7 Å². The van der Waals surface area contributed by atoms with Crippen molar-refractivity contribution in [2.45, 2.75) is 32.7 Å². The van der Waals surface area contributed by atoms with Crippen LogP contribution in [0, 0.1) is 12.8 Å². The van der Waals surface area contributed by atoms with Crippen molar-refractivity contribution in [1.29, 1.82) is 0 Å². The average molecular weight is 363 g/mol. The van der Waals surface area contributed by atoms with Crippen LogP contribution in [0.5, 0.6) is 0 Å². The van der Waals surface area contributed by atoms with E-state index < -0.39 is 0 Å². The van der Waals surface area contributed by atoms with Gasteiger partial charge in [-0.15, -0.1) is 24.0 Å². The molecule has 1 aromatic rings. The summed E-state index contributed by atoms with van der Waals surface area (Å²) in [5.74, 6) is 2.36. The SMILES string of the molecule is Cc1nccn1CCNC(N)=NCC1CCC1.I. The van der Waals surface area contributed by atoms with Gasteiger partial charge in [-0.3, -0.25) is 4.99 Å². The second-order valence-corrected chi connectivity index (χ2v) is 4.62. The number of nitrogens with two attached hydrogens (primary N) is 1. The van der Waals surface area contributed by atoms with E-state index in [0.29, 0.717) is 5.96 Å². The number of aliphatic imine (C=N–C) groups is 1. The van der Waals surface area contributed by atoms with Crippen LogP contribution >= 0.6 is 24.0 Å². The van der Waals surface area contributed by atoms with Gasteiger partial charge in [0.1, 0.15) is 5.82 Å². The number of guanidine groups is 1. The normalized spacial score (nSPS) is 15.9. The average Bonchev–Trinajstić information content (AvgIpc) is 2.62. The van der Waals surface area contributed by atoms with Gasteiger partial charge >= 0.3 is 0 Å². The molecule has 0 aromatic carbocycles. The van der Waals surface area contributed by atoms with Crippen LogP contribution in [0.4, 0.5) is 0 Å². The van der Waals surface area contributed by atoms with Gasteiger partial charge in [0, 0.05) is 32.0 Å². The molecule has 0 atom stereocenters. The molecule has 1 saturated carbocycles. The number of aromatic nitrogens is 2. The Balaban J connectivity index is 0.00000162. The Morgan fingerprint density at radius 3 is 2.94 bits per heavy atom. The van der Waals surface area contributed by atoms with Crippen molar-refractivity contribution in [2.75, 3.05) is 13.1 Å². The number of imidazole rings is 1. The summed E-state index contributed by atoms with van der Waals surface area (Å²) in [6, 6.07) is 0. The summed E-state index contributed by atoms with van der Waals surface area (Å²) < 4.78 is 2.09. The molecule has 0 amide bonds. The van der Waals surface area contributed by atoms with E-state index in [1.165, 1.54) is 19.3 Å². The molecule has 0 unspecified atom stereocenters. The maximum atomic E-state index is 5.79. The minimum atomic E-state index is 0. The van der Waals surface area contributed by atoms with Gasteiger partial charge in [0.25, 0.3) is 0 Å². The monoisotopic (exact) mass is 363 g/mol. The summed E-state index contributed by atoms with van der Waals surface area (Å²) in [5.41, 5.74) is 5.79. The predicted octanol–water partition coefficient (Wildman–Crippen LogP) is 1.51. The fraction of sp³-hybridized carbons (Fsp3) is 0.667. The Hall–Kier alpha value is -0.790. The molecular weight excluding hydrogens is 341 g/mol. The molecule has 0 spiro atoms. The Morgan fingerprint density at radius 1 is 1.61 bits per heavy atom. The van der Waals surface area contributed by atoms with Crippen molar-refractivity contribution in [3.8, 4) is 0 Å². The lowest BCUT2D eigenvalue weighted by Crippen LogP contribution is -2.35. The van der Waals surface area contributed by atoms with E-state index in [-0.39, 0.29) is 24.0 Å². The number of rotatable bonds is 5. The molecule has 0 radical (unpaired) electrons. The van der Waals surface area contributed by atoms with Crippen LogP contribution in [0.25, 0.3) is 0 Å². The highest BCUT2D eigenvalue weighted by Crippen LogP contribution is 2.26. The Labute approximate surface area is 125 Å². The highest BCUT2D eigenvalue weighted by molar-refractivity contribution is 14.0. The molecule has 1 aliphatic carbocycles. The Morgan fingerprint density at radius 2 is 2.39 bits per heavy atom. The van der Waals surface area contributed by atoms with E-state index in [1.54, 1.807) is 0 Å². The summed E-state index contributed by atoms with van der Waals surface area (Å²) in [5, 5.41) is 3.13. The van der Waals surface area contributed by atoms with Crippen LogP contribution in [-0.2, 0) is 6.54 Å². The van der Waals surface area contributed by atoms with Gasteiger partial charge < -0.3 is 15.6 Å². The molecule has 5 nitrogen and oxygen atoms in total. The standard InChI is InChI=1S/C12H21N5.HI/c1-10-14-5-7-17(10)8-6-15-12(13)16-9-11-3-2-4-11;/h5,7,11H,2-4,6,8-9H2,1H3,(H3,13,15,16);1H. The first-order valence-corrected chi connectivity index (χ1v) is 6.27. The molecule has 1 aliphatic rings. The van der Waals surface area contributed by atoms with Gasteiger partial charge in [0.2, 0.25) is 0 Å². The first kappa shape index (κ1) is 15.3. The second-order valence-electron chi connectivity index (χ2n) is 4.62. The fourth-order valence-corrected chi connectivity index (χ4v) is 1.90. The van der Waals surface area contributed by atoms with Gasteiger partial charge in [0.05, 0.1) is 0 Å². The summed E-state index contributed by atoms with van der Waals surface area (Å²) in [4.78, 5) is 8.51. The number of hydrogen-bond acceptors (Lipinski definition) is 2. The van der Waals surface area contributed by atoms with Crippen LogP contribution in [0.1, 0.15) is 25.1 Å². The van der Waals surface area contributed by atoms with Gasteiger partial charge in [0.15, 0.2) is 5.96 Å². The molecule has 1 aromatic heterocycles. The molecule has 1 heterocycles. The third-order valence-electron chi connectivity index (χ3n) is 3.33. The van der Waals surface area contributed by atoms with E-state index in [1.807, 2.05) is 19.3 Å². The molecule has 3 N–H and O–H groups in total. The van der Waals surface area contributed by atoms with E-state index in [2.05, 4.69) is 19.9 Å². The zero-order valence-electron chi connectivity index (χ0n) is 10.8. The number of halogens is 1. The molecule has 0 bridgehead atoms. The smallest absolute Gasteiger partial charge is 0.188 e. The zero-order chi connectivity index (χ0) is 12.1. The van der Waals surface area contributed by atoms with E-state index in [9.17, 15) is 0 Å². The highest BCUT2D eigenvalue weighted by Gasteiger charge is 2.16. The van der Waals surface area contributed by atoms with E-state index >= 15 is 0 Å². The van der Waals surface area contributed by atoms with Crippen LogP contribution < -0.4 is 11.1 Å². The Bertz CT molecular complexity index is 384. The summed E-state index contributed by atoms with van der Waals surface area (Å²) in [6.07, 6.45) is 7.76. The largest absolute Gasteiger partial charge is 0.370 e. The highest BCUT2D eigenvalue weighted by atomic mass is 127. The van der Waals surface area contributed by atoms with Crippen molar-refractivity contribution in [1.82, 2.24) is 14.9 Å². The quantitative estimate of drug-likeness (QED) is 0.474. The maximum Gasteiger partial charge on any atom is 0.188 e.